The highest BCUT2D eigenvalue weighted by Crippen LogP contribution is 2.15. The van der Waals surface area contributed by atoms with E-state index in [1.165, 1.54) is 12.1 Å². The largest absolute Gasteiger partial charge is 0.352 e. The number of hydrogen-bond donors (Lipinski definition) is 2. The van der Waals surface area contributed by atoms with Gasteiger partial charge in [0.1, 0.15) is 5.82 Å². The third-order valence-electron chi connectivity index (χ3n) is 3.14. The lowest BCUT2D eigenvalue weighted by Gasteiger charge is -2.08. The highest BCUT2D eigenvalue weighted by Gasteiger charge is 2.09. The van der Waals surface area contributed by atoms with Crippen LogP contribution in [0.2, 0.25) is 0 Å². The Morgan fingerprint density at radius 2 is 1.83 bits per heavy atom. The summed E-state index contributed by atoms with van der Waals surface area (Å²) in [7, 11) is 0. The van der Waals surface area contributed by atoms with E-state index in [4.69, 9.17) is 0 Å². The minimum Gasteiger partial charge on any atom is -0.352 e. The second-order valence-electron chi connectivity index (χ2n) is 5.04. The molecule has 2 aromatic rings. The van der Waals surface area contributed by atoms with Crippen LogP contribution in [0.5, 0.6) is 0 Å². The first kappa shape index (κ1) is 17.1. The van der Waals surface area contributed by atoms with Crippen LogP contribution >= 0.6 is 15.9 Å². The topological polar surface area (TPSA) is 58.2 Å². The van der Waals surface area contributed by atoms with E-state index in [0.29, 0.717) is 5.56 Å². The van der Waals surface area contributed by atoms with Crippen molar-refractivity contribution in [2.24, 2.45) is 0 Å². The summed E-state index contributed by atoms with van der Waals surface area (Å²) < 4.78 is 14.5. The lowest BCUT2D eigenvalue weighted by molar-refractivity contribution is -0.116. The zero-order valence-corrected chi connectivity index (χ0v) is 14.1. The van der Waals surface area contributed by atoms with Crippen LogP contribution in [0.25, 0.3) is 0 Å². The number of halogens is 2. The molecular weight excluding hydrogens is 363 g/mol. The average Bonchev–Trinajstić information content (AvgIpc) is 2.50. The van der Waals surface area contributed by atoms with Crippen molar-refractivity contribution in [1.82, 2.24) is 5.32 Å². The lowest BCUT2D eigenvalue weighted by atomic mass is 10.2. The molecule has 0 aromatic heterocycles. The van der Waals surface area contributed by atoms with Gasteiger partial charge in [-0.15, -0.1) is 0 Å². The number of aryl methyl sites for hydroxylation is 1. The Labute approximate surface area is 142 Å². The molecular formula is C17H16BrFN2O2. The molecule has 0 unspecified atom stereocenters. The molecule has 0 spiro atoms. The molecule has 0 radical (unpaired) electrons. The molecule has 0 saturated heterocycles. The molecule has 120 valence electrons. The van der Waals surface area contributed by atoms with Gasteiger partial charge in [0, 0.05) is 23.0 Å². The van der Waals surface area contributed by atoms with Gasteiger partial charge in [-0.1, -0.05) is 22.0 Å². The highest BCUT2D eigenvalue weighted by molar-refractivity contribution is 9.10. The Morgan fingerprint density at radius 3 is 2.48 bits per heavy atom. The van der Waals surface area contributed by atoms with E-state index >= 15 is 0 Å². The van der Waals surface area contributed by atoms with Gasteiger partial charge in [0.2, 0.25) is 5.91 Å². The third kappa shape index (κ3) is 5.17. The molecule has 0 atom stereocenters. The van der Waals surface area contributed by atoms with Crippen LogP contribution in [-0.4, -0.2) is 18.4 Å². The van der Waals surface area contributed by atoms with E-state index in [0.717, 1.165) is 10.0 Å². The van der Waals surface area contributed by atoms with Crippen LogP contribution in [-0.2, 0) is 4.79 Å². The Kier molecular flexibility index (Phi) is 5.87. The maximum Gasteiger partial charge on any atom is 0.251 e. The highest BCUT2D eigenvalue weighted by atomic mass is 79.9. The standard InChI is InChI=1S/C17H16BrFN2O2/c1-11-2-7-15(14(19)10-11)21-16(22)8-9-20-17(23)12-3-5-13(18)6-4-12/h2-7,10H,8-9H2,1H3,(H,20,23)(H,21,22). The van der Waals surface area contributed by atoms with Gasteiger partial charge in [-0.2, -0.15) is 0 Å². The van der Waals surface area contributed by atoms with Gasteiger partial charge < -0.3 is 10.6 Å². The van der Waals surface area contributed by atoms with Crippen molar-refractivity contribution in [3.63, 3.8) is 0 Å². The second-order valence-corrected chi connectivity index (χ2v) is 5.96. The first-order valence-corrected chi connectivity index (χ1v) is 7.85. The summed E-state index contributed by atoms with van der Waals surface area (Å²) in [6, 6.07) is 11.5. The SMILES string of the molecule is Cc1ccc(NC(=O)CCNC(=O)c2ccc(Br)cc2)c(F)c1. The Balaban J connectivity index is 1.80. The van der Waals surface area contributed by atoms with Crippen molar-refractivity contribution in [3.8, 4) is 0 Å². The third-order valence-corrected chi connectivity index (χ3v) is 3.67. The van der Waals surface area contributed by atoms with E-state index in [2.05, 4.69) is 26.6 Å². The molecule has 0 saturated carbocycles. The van der Waals surface area contributed by atoms with Crippen molar-refractivity contribution in [2.75, 3.05) is 11.9 Å². The van der Waals surface area contributed by atoms with Crippen LogP contribution in [0.4, 0.5) is 10.1 Å². The fraction of sp³-hybridized carbons (Fsp3) is 0.176. The molecule has 2 aromatic carbocycles. The van der Waals surface area contributed by atoms with Gasteiger partial charge in [0.25, 0.3) is 5.91 Å². The Hall–Kier alpha value is -2.21. The molecule has 4 nitrogen and oxygen atoms in total. The molecule has 0 aliphatic heterocycles. The normalized spacial score (nSPS) is 10.2. The number of rotatable bonds is 5. The van der Waals surface area contributed by atoms with Crippen LogP contribution in [0.3, 0.4) is 0 Å². The maximum absolute atomic E-state index is 13.6. The summed E-state index contributed by atoms with van der Waals surface area (Å²) in [4.78, 5) is 23.6. The van der Waals surface area contributed by atoms with Gasteiger partial charge in [0.15, 0.2) is 0 Å². The van der Waals surface area contributed by atoms with Crippen molar-refractivity contribution < 1.29 is 14.0 Å². The fourth-order valence-electron chi connectivity index (χ4n) is 1.93. The second kappa shape index (κ2) is 7.87. The van der Waals surface area contributed by atoms with Crippen molar-refractivity contribution in [2.45, 2.75) is 13.3 Å². The maximum atomic E-state index is 13.6. The smallest absolute Gasteiger partial charge is 0.251 e. The molecule has 0 heterocycles. The van der Waals surface area contributed by atoms with E-state index in [9.17, 15) is 14.0 Å². The van der Waals surface area contributed by atoms with Gasteiger partial charge >= 0.3 is 0 Å². The van der Waals surface area contributed by atoms with Crippen LogP contribution in [0.1, 0.15) is 22.3 Å². The number of carbonyl (C=O) groups excluding carboxylic acids is 2. The summed E-state index contributed by atoms with van der Waals surface area (Å²) in [5.41, 5.74) is 1.43. The zero-order chi connectivity index (χ0) is 16.8. The number of amides is 2. The Morgan fingerprint density at radius 1 is 1.13 bits per heavy atom. The average molecular weight is 379 g/mol. The monoisotopic (exact) mass is 378 g/mol. The molecule has 2 N–H and O–H groups in total. The molecule has 0 aliphatic rings. The number of nitrogens with one attached hydrogen (secondary N) is 2. The summed E-state index contributed by atoms with van der Waals surface area (Å²) in [6.45, 7) is 1.94. The van der Waals surface area contributed by atoms with E-state index in [1.54, 1.807) is 37.3 Å². The molecule has 23 heavy (non-hydrogen) atoms. The predicted octanol–water partition coefficient (Wildman–Crippen LogP) is 3.66. The van der Waals surface area contributed by atoms with E-state index in [1.807, 2.05) is 0 Å². The van der Waals surface area contributed by atoms with Crippen molar-refractivity contribution in [1.29, 1.82) is 0 Å². The van der Waals surface area contributed by atoms with Crippen molar-refractivity contribution in [3.05, 3.63) is 63.9 Å². The van der Waals surface area contributed by atoms with Gasteiger partial charge in [-0.25, -0.2) is 4.39 Å². The first-order chi connectivity index (χ1) is 11.0. The summed E-state index contributed by atoms with van der Waals surface area (Å²) in [5.74, 6) is -1.09. The minimum atomic E-state index is -0.475. The fourth-order valence-corrected chi connectivity index (χ4v) is 2.19. The van der Waals surface area contributed by atoms with E-state index in [-0.39, 0.29) is 30.5 Å². The van der Waals surface area contributed by atoms with E-state index < -0.39 is 5.82 Å². The molecule has 6 heteroatoms. The molecule has 0 fully saturated rings. The van der Waals surface area contributed by atoms with Crippen LogP contribution < -0.4 is 10.6 Å². The number of benzene rings is 2. The Bertz CT molecular complexity index is 717. The van der Waals surface area contributed by atoms with Crippen LogP contribution in [0, 0.1) is 12.7 Å². The van der Waals surface area contributed by atoms with Crippen LogP contribution in [0.15, 0.2) is 46.9 Å². The molecule has 0 aliphatic carbocycles. The molecule has 0 bridgehead atoms. The summed E-state index contributed by atoms with van der Waals surface area (Å²) in [5, 5.41) is 5.14. The predicted molar refractivity (Wildman–Crippen MR) is 90.9 cm³/mol. The molecule has 2 amide bonds. The number of anilines is 1. The zero-order valence-electron chi connectivity index (χ0n) is 12.5. The van der Waals surface area contributed by atoms with Gasteiger partial charge in [-0.05, 0) is 48.9 Å². The number of carbonyl (C=O) groups is 2. The quantitative estimate of drug-likeness (QED) is 0.833. The lowest BCUT2D eigenvalue weighted by Crippen LogP contribution is -2.27. The van der Waals surface area contributed by atoms with Gasteiger partial charge in [-0.3, -0.25) is 9.59 Å². The van der Waals surface area contributed by atoms with Gasteiger partial charge in [0.05, 0.1) is 5.69 Å². The number of hydrogen-bond acceptors (Lipinski definition) is 2. The first-order valence-electron chi connectivity index (χ1n) is 7.05. The summed E-state index contributed by atoms with van der Waals surface area (Å²) in [6.07, 6.45) is 0.0651. The minimum absolute atomic E-state index is 0.0651. The summed E-state index contributed by atoms with van der Waals surface area (Å²) >= 11 is 3.29. The molecule has 2 rings (SSSR count). The van der Waals surface area contributed by atoms with Crippen molar-refractivity contribution >= 4 is 33.4 Å².